The van der Waals surface area contributed by atoms with Gasteiger partial charge in [-0.2, -0.15) is 5.10 Å². The molecule has 144 valence electrons. The number of nitro groups is 1. The molecule has 3 rings (SSSR count). The van der Waals surface area contributed by atoms with Crippen LogP contribution in [-0.4, -0.2) is 20.5 Å². The van der Waals surface area contributed by atoms with Crippen molar-refractivity contribution >= 4 is 17.5 Å². The highest BCUT2D eigenvalue weighted by atomic mass is 16.6. The van der Waals surface area contributed by atoms with Crippen molar-refractivity contribution in [1.29, 1.82) is 0 Å². The molecule has 1 aromatic carbocycles. The maximum Gasteiger partial charge on any atom is 0.272 e. The van der Waals surface area contributed by atoms with Crippen LogP contribution in [0, 0.1) is 17.0 Å². The van der Waals surface area contributed by atoms with E-state index in [1.54, 1.807) is 54.2 Å². The SMILES string of the molecule is CCn1ccc(C(=O)/C=C/c2ccc(COc3ccc([N+](=O)[O-])c(C)c3)o2)n1. The van der Waals surface area contributed by atoms with Gasteiger partial charge < -0.3 is 9.15 Å². The number of benzene rings is 1. The third-order valence-corrected chi connectivity index (χ3v) is 4.04. The van der Waals surface area contributed by atoms with Crippen molar-refractivity contribution in [1.82, 2.24) is 9.78 Å². The Labute approximate surface area is 161 Å². The predicted octanol–water partition coefficient (Wildman–Crippen LogP) is 4.19. The summed E-state index contributed by atoms with van der Waals surface area (Å²) < 4.78 is 12.9. The van der Waals surface area contributed by atoms with Gasteiger partial charge in [-0.15, -0.1) is 0 Å². The molecule has 0 amide bonds. The average molecular weight is 381 g/mol. The molecule has 0 radical (unpaired) electrons. The van der Waals surface area contributed by atoms with E-state index in [2.05, 4.69) is 5.10 Å². The molecule has 0 saturated heterocycles. The largest absolute Gasteiger partial charge is 0.486 e. The number of carbonyl (C=O) groups excluding carboxylic acids is 1. The highest BCUT2D eigenvalue weighted by molar-refractivity contribution is 6.05. The van der Waals surface area contributed by atoms with Gasteiger partial charge in [-0.25, -0.2) is 0 Å². The maximum absolute atomic E-state index is 12.1. The van der Waals surface area contributed by atoms with E-state index in [-0.39, 0.29) is 18.1 Å². The van der Waals surface area contributed by atoms with Crippen LogP contribution in [0.2, 0.25) is 0 Å². The summed E-state index contributed by atoms with van der Waals surface area (Å²) in [5.41, 5.74) is 0.947. The van der Waals surface area contributed by atoms with Crippen LogP contribution >= 0.6 is 0 Å². The second kappa shape index (κ2) is 8.34. The Balaban J connectivity index is 1.59. The first-order valence-electron chi connectivity index (χ1n) is 8.68. The molecule has 0 aliphatic rings. The first kappa shape index (κ1) is 19.1. The average Bonchev–Trinajstić information content (AvgIpc) is 3.33. The molecule has 2 heterocycles. The monoisotopic (exact) mass is 381 g/mol. The van der Waals surface area contributed by atoms with Crippen molar-refractivity contribution < 1.29 is 18.9 Å². The van der Waals surface area contributed by atoms with Crippen molar-refractivity contribution in [3.05, 3.63) is 81.6 Å². The van der Waals surface area contributed by atoms with Crippen LogP contribution in [0.5, 0.6) is 5.75 Å². The van der Waals surface area contributed by atoms with Gasteiger partial charge in [-0.1, -0.05) is 0 Å². The van der Waals surface area contributed by atoms with Crippen molar-refractivity contribution in [3.63, 3.8) is 0 Å². The van der Waals surface area contributed by atoms with Crippen LogP contribution in [-0.2, 0) is 13.2 Å². The van der Waals surface area contributed by atoms with E-state index in [1.165, 1.54) is 12.1 Å². The summed E-state index contributed by atoms with van der Waals surface area (Å²) in [4.78, 5) is 22.5. The molecule has 0 N–H and O–H groups in total. The molecule has 0 unspecified atom stereocenters. The molecule has 3 aromatic rings. The number of allylic oxidation sites excluding steroid dienone is 1. The topological polar surface area (TPSA) is 100 Å². The van der Waals surface area contributed by atoms with Crippen molar-refractivity contribution in [2.45, 2.75) is 27.0 Å². The molecule has 0 saturated carbocycles. The van der Waals surface area contributed by atoms with E-state index in [0.717, 1.165) is 0 Å². The fraction of sp³-hybridized carbons (Fsp3) is 0.200. The van der Waals surface area contributed by atoms with Gasteiger partial charge in [0.1, 0.15) is 29.6 Å². The van der Waals surface area contributed by atoms with E-state index < -0.39 is 4.92 Å². The van der Waals surface area contributed by atoms with Crippen LogP contribution < -0.4 is 4.74 Å². The van der Waals surface area contributed by atoms with Gasteiger partial charge in [-0.3, -0.25) is 19.6 Å². The molecule has 8 nitrogen and oxygen atoms in total. The number of carbonyl (C=O) groups is 1. The second-order valence-electron chi connectivity index (χ2n) is 6.05. The number of nitrogens with zero attached hydrogens (tertiary/aromatic N) is 3. The van der Waals surface area contributed by atoms with Crippen molar-refractivity contribution in [2.75, 3.05) is 0 Å². The summed E-state index contributed by atoms with van der Waals surface area (Å²) in [5, 5.41) is 15.0. The summed E-state index contributed by atoms with van der Waals surface area (Å²) in [7, 11) is 0. The lowest BCUT2D eigenvalue weighted by Gasteiger charge is -2.05. The number of aromatic nitrogens is 2. The van der Waals surface area contributed by atoms with Gasteiger partial charge >= 0.3 is 0 Å². The molecule has 0 bridgehead atoms. The summed E-state index contributed by atoms with van der Waals surface area (Å²) in [6.45, 7) is 4.47. The standard InChI is InChI=1S/C20H19N3O5/c1-3-22-11-10-18(21-22)20(24)9-7-15-4-5-17(28-15)13-27-16-6-8-19(23(25)26)14(2)12-16/h4-12H,3,13H2,1-2H3/b9-7+. The Morgan fingerprint density at radius 2 is 2.14 bits per heavy atom. The van der Waals surface area contributed by atoms with Crippen LogP contribution in [0.25, 0.3) is 6.08 Å². The number of nitro benzene ring substituents is 1. The smallest absolute Gasteiger partial charge is 0.272 e. The molecule has 0 atom stereocenters. The molecule has 0 aliphatic carbocycles. The van der Waals surface area contributed by atoms with E-state index in [4.69, 9.17) is 9.15 Å². The normalized spacial score (nSPS) is 11.1. The zero-order valence-corrected chi connectivity index (χ0v) is 15.5. The molecule has 0 spiro atoms. The summed E-state index contributed by atoms with van der Waals surface area (Å²) in [6.07, 6.45) is 4.74. The quantitative estimate of drug-likeness (QED) is 0.251. The highest BCUT2D eigenvalue weighted by Gasteiger charge is 2.11. The minimum atomic E-state index is -0.432. The number of rotatable bonds is 8. The maximum atomic E-state index is 12.1. The Morgan fingerprint density at radius 1 is 1.32 bits per heavy atom. The van der Waals surface area contributed by atoms with Gasteiger partial charge in [0.05, 0.1) is 4.92 Å². The fourth-order valence-electron chi connectivity index (χ4n) is 2.55. The molecule has 0 fully saturated rings. The Bertz CT molecular complexity index is 1030. The summed E-state index contributed by atoms with van der Waals surface area (Å²) in [6, 6.07) is 9.71. The highest BCUT2D eigenvalue weighted by Crippen LogP contribution is 2.24. The zero-order valence-electron chi connectivity index (χ0n) is 15.5. The minimum Gasteiger partial charge on any atom is -0.486 e. The van der Waals surface area contributed by atoms with Crippen LogP contribution in [0.3, 0.4) is 0 Å². The minimum absolute atomic E-state index is 0.0474. The molecule has 0 aliphatic heterocycles. The fourth-order valence-corrected chi connectivity index (χ4v) is 2.55. The van der Waals surface area contributed by atoms with Crippen LogP contribution in [0.1, 0.15) is 34.5 Å². The van der Waals surface area contributed by atoms with E-state index >= 15 is 0 Å². The Morgan fingerprint density at radius 3 is 2.82 bits per heavy atom. The molecular formula is C20H19N3O5. The van der Waals surface area contributed by atoms with Gasteiger partial charge in [0.15, 0.2) is 0 Å². The molecule has 8 heteroatoms. The zero-order chi connectivity index (χ0) is 20.1. The lowest BCUT2D eigenvalue weighted by atomic mass is 10.2. The number of ether oxygens (including phenoxy) is 1. The second-order valence-corrected chi connectivity index (χ2v) is 6.05. The van der Waals surface area contributed by atoms with E-state index in [9.17, 15) is 14.9 Å². The van der Waals surface area contributed by atoms with Crippen LogP contribution in [0.15, 0.2) is 53.1 Å². The number of ketones is 1. The number of aryl methyl sites for hydroxylation is 2. The first-order chi connectivity index (χ1) is 13.5. The lowest BCUT2D eigenvalue weighted by molar-refractivity contribution is -0.385. The van der Waals surface area contributed by atoms with Crippen molar-refractivity contribution in [2.24, 2.45) is 0 Å². The third-order valence-electron chi connectivity index (χ3n) is 4.04. The van der Waals surface area contributed by atoms with E-state index in [1.807, 2.05) is 6.92 Å². The van der Waals surface area contributed by atoms with Gasteiger partial charge in [0.25, 0.3) is 5.69 Å². The number of hydrogen-bond acceptors (Lipinski definition) is 6. The summed E-state index contributed by atoms with van der Waals surface area (Å²) >= 11 is 0. The predicted molar refractivity (Wildman–Crippen MR) is 102 cm³/mol. The van der Waals surface area contributed by atoms with Gasteiger partial charge in [0.2, 0.25) is 5.78 Å². The third kappa shape index (κ3) is 4.53. The number of hydrogen-bond donors (Lipinski definition) is 0. The summed E-state index contributed by atoms with van der Waals surface area (Å²) in [5.74, 6) is 1.39. The molecule has 2 aromatic heterocycles. The molecular weight excluding hydrogens is 362 g/mol. The lowest BCUT2D eigenvalue weighted by Crippen LogP contribution is -1.99. The van der Waals surface area contributed by atoms with Gasteiger partial charge in [0, 0.05) is 24.4 Å². The van der Waals surface area contributed by atoms with E-state index in [0.29, 0.717) is 35.1 Å². The Hall–Kier alpha value is -3.68. The van der Waals surface area contributed by atoms with Crippen LogP contribution in [0.4, 0.5) is 5.69 Å². The Kier molecular flexibility index (Phi) is 5.69. The van der Waals surface area contributed by atoms with Gasteiger partial charge in [-0.05, 0) is 56.3 Å². The first-order valence-corrected chi connectivity index (χ1v) is 8.68. The number of furan rings is 1. The molecule has 28 heavy (non-hydrogen) atoms. The van der Waals surface area contributed by atoms with Crippen molar-refractivity contribution in [3.8, 4) is 5.75 Å².